The molecular formula is C21H14N4O3S. The third kappa shape index (κ3) is 3.15. The number of aromatic nitrogens is 2. The number of hydrazine groups is 1. The van der Waals surface area contributed by atoms with Crippen LogP contribution < -0.4 is 10.9 Å². The smallest absolute Gasteiger partial charge is 0.305 e. The summed E-state index contributed by atoms with van der Waals surface area (Å²) >= 11 is 1.48. The Kier molecular flexibility index (Phi) is 4.10. The topological polar surface area (TPSA) is 100 Å². The maximum Gasteiger partial charge on any atom is 0.305 e. The van der Waals surface area contributed by atoms with Gasteiger partial charge in [0.1, 0.15) is 0 Å². The summed E-state index contributed by atoms with van der Waals surface area (Å²) in [4.78, 5) is 32.3. The molecule has 7 nitrogen and oxygen atoms in total. The number of nitrogens with one attached hydrogen (secondary N) is 3. The maximum atomic E-state index is 12.4. The molecule has 3 heterocycles. The molecule has 0 aliphatic heterocycles. The van der Waals surface area contributed by atoms with Crippen LogP contribution in [0.4, 0.5) is 0 Å². The normalized spacial score (nSPS) is 11.0. The first-order valence-electron chi connectivity index (χ1n) is 8.81. The first-order valence-corrected chi connectivity index (χ1v) is 9.63. The van der Waals surface area contributed by atoms with Crippen LogP contribution in [0.5, 0.6) is 0 Å². The van der Waals surface area contributed by atoms with Crippen LogP contribution in [-0.2, 0) is 0 Å². The highest BCUT2D eigenvalue weighted by Gasteiger charge is 2.17. The van der Waals surface area contributed by atoms with Gasteiger partial charge in [-0.05, 0) is 30.3 Å². The predicted molar refractivity (Wildman–Crippen MR) is 111 cm³/mol. The number of hydrogen-bond acceptors (Lipinski definition) is 5. The molecule has 0 spiro atoms. The Morgan fingerprint density at radius 2 is 1.72 bits per heavy atom. The molecule has 0 unspecified atom stereocenters. The highest BCUT2D eigenvalue weighted by molar-refractivity contribution is 7.21. The summed E-state index contributed by atoms with van der Waals surface area (Å²) in [5, 5.41) is 1.46. The third-order valence-corrected chi connectivity index (χ3v) is 5.51. The van der Waals surface area contributed by atoms with E-state index in [1.807, 2.05) is 48.5 Å². The van der Waals surface area contributed by atoms with Crippen LogP contribution >= 0.6 is 11.3 Å². The lowest BCUT2D eigenvalue weighted by Crippen LogP contribution is -2.41. The zero-order valence-electron chi connectivity index (χ0n) is 14.9. The number of fused-ring (bicyclic) bond motifs is 2. The Balaban J connectivity index is 1.29. The van der Waals surface area contributed by atoms with Crippen LogP contribution in [0.25, 0.3) is 31.9 Å². The third-order valence-electron chi connectivity index (χ3n) is 4.46. The summed E-state index contributed by atoms with van der Waals surface area (Å²) in [5.41, 5.74) is 6.95. The molecule has 2 amide bonds. The standard InChI is InChI=1S/C21H14N4O3S/c26-19(13-11-22-14-6-2-1-5-12(13)14)24-25-20(27)16-9-10-17(28-16)21-23-15-7-3-4-8-18(15)29-21/h1-11,22H,(H,24,26)(H,25,27). The number of benzene rings is 2. The van der Waals surface area contributed by atoms with Gasteiger partial charge in [0.05, 0.1) is 15.8 Å². The van der Waals surface area contributed by atoms with Crippen LogP contribution in [0.3, 0.4) is 0 Å². The van der Waals surface area contributed by atoms with E-state index in [1.54, 1.807) is 18.3 Å². The van der Waals surface area contributed by atoms with Crippen molar-refractivity contribution in [2.24, 2.45) is 0 Å². The molecule has 3 N–H and O–H groups in total. The number of aromatic amines is 1. The number of H-pyrrole nitrogens is 1. The largest absolute Gasteiger partial charge is 0.448 e. The van der Waals surface area contributed by atoms with Gasteiger partial charge in [-0.3, -0.25) is 20.4 Å². The van der Waals surface area contributed by atoms with Gasteiger partial charge in [-0.25, -0.2) is 4.98 Å². The van der Waals surface area contributed by atoms with Gasteiger partial charge in [0.25, 0.3) is 5.91 Å². The van der Waals surface area contributed by atoms with Crippen molar-refractivity contribution in [1.82, 2.24) is 20.8 Å². The molecule has 0 radical (unpaired) electrons. The van der Waals surface area contributed by atoms with E-state index in [2.05, 4.69) is 20.8 Å². The molecule has 3 aromatic heterocycles. The molecule has 0 fully saturated rings. The van der Waals surface area contributed by atoms with Gasteiger partial charge in [-0.15, -0.1) is 11.3 Å². The van der Waals surface area contributed by atoms with E-state index in [0.717, 1.165) is 21.1 Å². The molecule has 5 rings (SSSR count). The summed E-state index contributed by atoms with van der Waals surface area (Å²) in [5.74, 6) is -0.392. The second kappa shape index (κ2) is 6.92. The number of carbonyl (C=O) groups excluding carboxylic acids is 2. The Bertz CT molecular complexity index is 1330. The van der Waals surface area contributed by atoms with Crippen LogP contribution in [-0.4, -0.2) is 21.8 Å². The predicted octanol–water partition coefficient (Wildman–Crippen LogP) is 4.11. The summed E-state index contributed by atoms with van der Waals surface area (Å²) in [6.45, 7) is 0. The minimum atomic E-state index is -0.550. The van der Waals surface area contributed by atoms with Crippen molar-refractivity contribution < 1.29 is 14.0 Å². The lowest BCUT2D eigenvalue weighted by atomic mass is 10.2. The van der Waals surface area contributed by atoms with Crippen LogP contribution in [0, 0.1) is 0 Å². The molecule has 0 atom stereocenters. The van der Waals surface area contributed by atoms with Crippen molar-refractivity contribution in [3.8, 4) is 10.8 Å². The monoisotopic (exact) mass is 402 g/mol. The van der Waals surface area contributed by atoms with E-state index in [1.165, 1.54) is 11.3 Å². The molecule has 5 aromatic rings. The SMILES string of the molecule is O=C(NNC(=O)c1c[nH]c2ccccc12)c1ccc(-c2nc3ccccc3s2)o1. The average Bonchev–Trinajstić information content (AvgIpc) is 3.48. The fourth-order valence-corrected chi connectivity index (χ4v) is 3.98. The van der Waals surface area contributed by atoms with Crippen molar-refractivity contribution in [2.45, 2.75) is 0 Å². The van der Waals surface area contributed by atoms with Gasteiger partial charge in [-0.1, -0.05) is 30.3 Å². The van der Waals surface area contributed by atoms with Gasteiger partial charge < -0.3 is 9.40 Å². The van der Waals surface area contributed by atoms with E-state index < -0.39 is 11.8 Å². The number of furan rings is 1. The van der Waals surface area contributed by atoms with E-state index in [4.69, 9.17) is 4.42 Å². The average molecular weight is 402 g/mol. The number of nitrogens with zero attached hydrogens (tertiary/aromatic N) is 1. The van der Waals surface area contributed by atoms with Gasteiger partial charge in [0.2, 0.25) is 0 Å². The molecule has 0 saturated heterocycles. The second-order valence-electron chi connectivity index (χ2n) is 6.31. The Hall–Kier alpha value is -3.91. The fourth-order valence-electron chi connectivity index (χ4n) is 3.05. The van der Waals surface area contributed by atoms with E-state index in [0.29, 0.717) is 16.3 Å². The summed E-state index contributed by atoms with van der Waals surface area (Å²) in [6.07, 6.45) is 1.60. The molecule has 0 aliphatic rings. The highest BCUT2D eigenvalue weighted by atomic mass is 32.1. The molecule has 29 heavy (non-hydrogen) atoms. The van der Waals surface area contributed by atoms with E-state index in [9.17, 15) is 9.59 Å². The molecule has 0 saturated carbocycles. The number of thiazole rings is 1. The Morgan fingerprint density at radius 1 is 0.931 bits per heavy atom. The van der Waals surface area contributed by atoms with Gasteiger partial charge in [-0.2, -0.15) is 0 Å². The molecule has 142 valence electrons. The number of amides is 2. The van der Waals surface area contributed by atoms with Gasteiger partial charge in [0.15, 0.2) is 16.5 Å². The van der Waals surface area contributed by atoms with Gasteiger partial charge >= 0.3 is 5.91 Å². The Labute approximate surface area is 168 Å². The van der Waals surface area contributed by atoms with Crippen LogP contribution in [0.2, 0.25) is 0 Å². The van der Waals surface area contributed by atoms with Crippen LogP contribution in [0.15, 0.2) is 71.3 Å². The maximum absolute atomic E-state index is 12.4. The summed E-state index contributed by atoms with van der Waals surface area (Å²) in [6, 6.07) is 18.4. The zero-order valence-corrected chi connectivity index (χ0v) is 15.7. The van der Waals surface area contributed by atoms with Crippen molar-refractivity contribution >= 4 is 44.3 Å². The van der Waals surface area contributed by atoms with Crippen molar-refractivity contribution in [2.75, 3.05) is 0 Å². The van der Waals surface area contributed by atoms with E-state index >= 15 is 0 Å². The molecule has 2 aromatic carbocycles. The van der Waals surface area contributed by atoms with Gasteiger partial charge in [0, 0.05) is 17.1 Å². The quantitative estimate of drug-likeness (QED) is 0.395. The first-order chi connectivity index (χ1) is 14.2. The minimum Gasteiger partial charge on any atom is -0.448 e. The number of para-hydroxylation sites is 2. The molecule has 0 aliphatic carbocycles. The van der Waals surface area contributed by atoms with Crippen molar-refractivity contribution in [1.29, 1.82) is 0 Å². The minimum absolute atomic E-state index is 0.0819. The Morgan fingerprint density at radius 3 is 2.62 bits per heavy atom. The molecule has 0 bridgehead atoms. The molecule has 8 heteroatoms. The summed E-state index contributed by atoms with van der Waals surface area (Å²) < 4.78 is 6.67. The van der Waals surface area contributed by atoms with Crippen LogP contribution in [0.1, 0.15) is 20.9 Å². The number of carbonyl (C=O) groups is 2. The second-order valence-corrected chi connectivity index (χ2v) is 7.34. The zero-order chi connectivity index (χ0) is 19.8. The fraction of sp³-hybridized carbons (Fsp3) is 0. The lowest BCUT2D eigenvalue weighted by Gasteiger charge is -2.05. The highest BCUT2D eigenvalue weighted by Crippen LogP contribution is 2.31. The lowest BCUT2D eigenvalue weighted by molar-refractivity contribution is 0.0832. The number of rotatable bonds is 3. The van der Waals surface area contributed by atoms with Crippen molar-refractivity contribution in [3.63, 3.8) is 0 Å². The molecular weight excluding hydrogens is 388 g/mol. The van der Waals surface area contributed by atoms with Crippen molar-refractivity contribution in [3.05, 3.63) is 78.2 Å². The summed E-state index contributed by atoms with van der Waals surface area (Å²) in [7, 11) is 0. The number of hydrogen-bond donors (Lipinski definition) is 3. The first kappa shape index (κ1) is 17.2. The van der Waals surface area contributed by atoms with E-state index in [-0.39, 0.29) is 5.76 Å².